The van der Waals surface area contributed by atoms with E-state index >= 15 is 0 Å². The summed E-state index contributed by atoms with van der Waals surface area (Å²) in [6, 6.07) is 8.85. The molecule has 0 radical (unpaired) electrons. The second-order valence-electron chi connectivity index (χ2n) is 7.59. The van der Waals surface area contributed by atoms with Gasteiger partial charge in [0.15, 0.2) is 0 Å². The summed E-state index contributed by atoms with van der Waals surface area (Å²) in [7, 11) is 2.01. The van der Waals surface area contributed by atoms with Gasteiger partial charge < -0.3 is 9.32 Å². The molecule has 2 aromatic rings. The van der Waals surface area contributed by atoms with Crippen molar-refractivity contribution in [3.8, 4) is 0 Å². The molecule has 4 rings (SSSR count). The number of hydrogen-bond acceptors (Lipinski definition) is 3. The van der Waals surface area contributed by atoms with Gasteiger partial charge in [0.25, 0.3) is 0 Å². The molecule has 1 saturated carbocycles. The zero-order valence-electron chi connectivity index (χ0n) is 15.5. The van der Waals surface area contributed by atoms with Crippen molar-refractivity contribution in [1.29, 1.82) is 0 Å². The maximum Gasteiger partial charge on any atom is 0.227 e. The third-order valence-electron chi connectivity index (χ3n) is 6.12. The fourth-order valence-electron chi connectivity index (χ4n) is 4.73. The van der Waals surface area contributed by atoms with Gasteiger partial charge >= 0.3 is 0 Å². The third-order valence-corrected chi connectivity index (χ3v) is 6.12. The fraction of sp³-hybridized carbons (Fsp3) is 0.571. The minimum atomic E-state index is 0. The van der Waals surface area contributed by atoms with Gasteiger partial charge in [-0.25, -0.2) is 0 Å². The van der Waals surface area contributed by atoms with Crippen LogP contribution in [0.4, 0.5) is 0 Å². The highest BCUT2D eigenvalue weighted by molar-refractivity contribution is 8.93. The number of fused-ring (bicyclic) bond motifs is 1. The molecule has 1 aromatic carbocycles. The van der Waals surface area contributed by atoms with E-state index in [9.17, 15) is 4.79 Å². The largest absolute Gasteiger partial charge is 0.464 e. The van der Waals surface area contributed by atoms with Crippen LogP contribution in [0.5, 0.6) is 0 Å². The number of likely N-dealkylation sites (tertiary alicyclic amines) is 1. The van der Waals surface area contributed by atoms with Crippen molar-refractivity contribution in [1.82, 2.24) is 9.80 Å². The number of carbonyl (C=O) groups excluding carboxylic acids is 1. The summed E-state index contributed by atoms with van der Waals surface area (Å²) < 4.78 is 5.47. The first-order chi connectivity index (χ1) is 12.2. The lowest BCUT2D eigenvalue weighted by Gasteiger charge is -2.42. The lowest BCUT2D eigenvalue weighted by atomic mass is 9.88. The second kappa shape index (κ2) is 8.57. The molecule has 2 aliphatic rings. The number of likely N-dealkylation sites (N-methyl/N-ethyl adjacent to an activating group) is 1. The number of amides is 1. The maximum atomic E-state index is 13.0. The molecule has 1 saturated heterocycles. The Morgan fingerprint density at radius 3 is 2.73 bits per heavy atom. The van der Waals surface area contributed by atoms with Crippen molar-refractivity contribution >= 4 is 33.9 Å². The summed E-state index contributed by atoms with van der Waals surface area (Å²) in [5.74, 6) is 0.227. The van der Waals surface area contributed by atoms with E-state index in [0.29, 0.717) is 18.5 Å². The number of furan rings is 1. The Hall–Kier alpha value is -1.33. The van der Waals surface area contributed by atoms with Crippen LogP contribution < -0.4 is 0 Å². The number of halogens is 1. The molecule has 0 N–H and O–H groups in total. The van der Waals surface area contributed by atoms with E-state index in [-0.39, 0.29) is 22.9 Å². The fourth-order valence-corrected chi connectivity index (χ4v) is 4.73. The van der Waals surface area contributed by atoms with Gasteiger partial charge in [0.2, 0.25) is 5.91 Å². The average molecular weight is 421 g/mol. The summed E-state index contributed by atoms with van der Waals surface area (Å²) in [5.41, 5.74) is 1.93. The van der Waals surface area contributed by atoms with Crippen molar-refractivity contribution in [3.05, 3.63) is 36.1 Å². The highest BCUT2D eigenvalue weighted by Crippen LogP contribution is 2.30. The van der Waals surface area contributed by atoms with E-state index in [2.05, 4.69) is 4.90 Å². The Morgan fingerprint density at radius 1 is 1.15 bits per heavy atom. The molecule has 4 nitrogen and oxygen atoms in total. The van der Waals surface area contributed by atoms with E-state index < -0.39 is 0 Å². The molecule has 0 unspecified atom stereocenters. The van der Waals surface area contributed by atoms with Crippen LogP contribution in [0.2, 0.25) is 0 Å². The third kappa shape index (κ3) is 3.84. The summed E-state index contributed by atoms with van der Waals surface area (Å²) >= 11 is 0. The molecule has 2 fully saturated rings. The van der Waals surface area contributed by atoms with E-state index in [0.717, 1.165) is 23.0 Å². The minimum absolute atomic E-state index is 0. The van der Waals surface area contributed by atoms with Crippen LogP contribution >= 0.6 is 17.0 Å². The lowest BCUT2D eigenvalue weighted by Crippen LogP contribution is -2.53. The van der Waals surface area contributed by atoms with E-state index in [1.165, 1.54) is 45.2 Å². The topological polar surface area (TPSA) is 36.7 Å². The van der Waals surface area contributed by atoms with Gasteiger partial charge in [-0.05, 0) is 56.5 Å². The molecular formula is C21H29BrN2O2. The summed E-state index contributed by atoms with van der Waals surface area (Å²) in [4.78, 5) is 17.7. The summed E-state index contributed by atoms with van der Waals surface area (Å²) in [6.07, 6.45) is 9.69. The first kappa shape index (κ1) is 19.4. The average Bonchev–Trinajstić information content (AvgIpc) is 3.33. The van der Waals surface area contributed by atoms with Gasteiger partial charge in [-0.15, -0.1) is 17.0 Å². The highest BCUT2D eigenvalue weighted by Gasteiger charge is 2.35. The Kier molecular flexibility index (Phi) is 6.41. The predicted molar refractivity (Wildman–Crippen MR) is 110 cm³/mol. The SMILES string of the molecule is Br.CN(C(=O)Cc1cccc2occc12)[C@@H]1CCCC[C@H]1N1CCCC1. The molecule has 1 aliphatic heterocycles. The monoisotopic (exact) mass is 420 g/mol. The Balaban J connectivity index is 0.00000196. The quantitative estimate of drug-likeness (QED) is 0.734. The molecule has 2 heterocycles. The molecule has 142 valence electrons. The van der Waals surface area contributed by atoms with Crippen molar-refractivity contribution in [2.45, 2.75) is 57.0 Å². The normalized spacial score (nSPS) is 23.7. The summed E-state index contributed by atoms with van der Waals surface area (Å²) in [5, 5.41) is 1.06. The van der Waals surface area contributed by atoms with Crippen molar-refractivity contribution < 1.29 is 9.21 Å². The number of carbonyl (C=O) groups is 1. The molecule has 1 aliphatic carbocycles. The van der Waals surface area contributed by atoms with Crippen LogP contribution in [0.3, 0.4) is 0 Å². The first-order valence-electron chi connectivity index (χ1n) is 9.69. The number of benzene rings is 1. The van der Waals surface area contributed by atoms with Gasteiger partial charge in [0.05, 0.1) is 12.7 Å². The Morgan fingerprint density at radius 2 is 1.92 bits per heavy atom. The van der Waals surface area contributed by atoms with Gasteiger partial charge in [0.1, 0.15) is 5.58 Å². The zero-order chi connectivity index (χ0) is 17.2. The standard InChI is InChI=1S/C21H28N2O2.BrH/c1-22(18-8-2-3-9-19(18)23-12-4-5-13-23)21(24)15-16-7-6-10-20-17(16)11-14-25-20;/h6-7,10-11,14,18-19H,2-5,8-9,12-13,15H2,1H3;1H/t18-,19-;/m1./s1. The molecular weight excluding hydrogens is 392 g/mol. The zero-order valence-corrected chi connectivity index (χ0v) is 17.2. The molecule has 1 aromatic heterocycles. The van der Waals surface area contributed by atoms with Crippen molar-refractivity contribution in [3.63, 3.8) is 0 Å². The lowest BCUT2D eigenvalue weighted by molar-refractivity contribution is -0.133. The smallest absolute Gasteiger partial charge is 0.227 e. The van der Waals surface area contributed by atoms with Crippen LogP contribution in [-0.2, 0) is 11.2 Å². The molecule has 1 amide bonds. The van der Waals surface area contributed by atoms with E-state index in [1.807, 2.05) is 36.2 Å². The van der Waals surface area contributed by atoms with Crippen LogP contribution in [-0.4, -0.2) is 47.9 Å². The Labute approximate surface area is 166 Å². The highest BCUT2D eigenvalue weighted by atomic mass is 79.9. The maximum absolute atomic E-state index is 13.0. The van der Waals surface area contributed by atoms with Crippen LogP contribution in [0.25, 0.3) is 11.0 Å². The van der Waals surface area contributed by atoms with Crippen molar-refractivity contribution in [2.75, 3.05) is 20.1 Å². The van der Waals surface area contributed by atoms with Gasteiger partial charge in [-0.3, -0.25) is 9.69 Å². The van der Waals surface area contributed by atoms with Gasteiger partial charge in [-0.2, -0.15) is 0 Å². The molecule has 0 spiro atoms. The number of rotatable bonds is 4. The van der Waals surface area contributed by atoms with Crippen molar-refractivity contribution in [2.24, 2.45) is 0 Å². The van der Waals surface area contributed by atoms with Crippen LogP contribution in [0.15, 0.2) is 34.9 Å². The number of hydrogen-bond donors (Lipinski definition) is 0. The van der Waals surface area contributed by atoms with E-state index in [4.69, 9.17) is 4.42 Å². The Bertz CT molecular complexity index is 738. The molecule has 26 heavy (non-hydrogen) atoms. The van der Waals surface area contributed by atoms with Gasteiger partial charge in [0, 0.05) is 24.5 Å². The summed E-state index contributed by atoms with van der Waals surface area (Å²) in [6.45, 7) is 2.41. The second-order valence-corrected chi connectivity index (χ2v) is 7.59. The number of nitrogens with zero attached hydrogens (tertiary/aromatic N) is 2. The predicted octanol–water partition coefficient (Wildman–Crippen LogP) is 4.42. The van der Waals surface area contributed by atoms with Gasteiger partial charge in [-0.1, -0.05) is 25.0 Å². The van der Waals surface area contributed by atoms with Crippen LogP contribution in [0.1, 0.15) is 44.1 Å². The molecule has 5 heteroatoms. The van der Waals surface area contributed by atoms with Crippen LogP contribution in [0, 0.1) is 0 Å². The molecule has 2 atom stereocenters. The molecule has 0 bridgehead atoms. The minimum Gasteiger partial charge on any atom is -0.464 e. The van der Waals surface area contributed by atoms with E-state index in [1.54, 1.807) is 6.26 Å². The first-order valence-corrected chi connectivity index (χ1v) is 9.69.